The summed E-state index contributed by atoms with van der Waals surface area (Å²) in [6.45, 7) is 5.14. The van der Waals surface area contributed by atoms with Crippen molar-refractivity contribution < 1.29 is 0 Å². The molecule has 0 N–H and O–H groups in total. The van der Waals surface area contributed by atoms with E-state index in [-0.39, 0.29) is 0 Å². The maximum atomic E-state index is 8.85. The maximum absolute atomic E-state index is 8.85. The van der Waals surface area contributed by atoms with Gasteiger partial charge < -0.3 is 0 Å². The largest absolute Gasteiger partial charge is 0.294 e. The molecule has 0 spiro atoms. The van der Waals surface area contributed by atoms with Crippen LogP contribution in [-0.4, -0.2) is 27.3 Å². The summed E-state index contributed by atoms with van der Waals surface area (Å²) in [4.78, 5) is 2.53. The first-order chi connectivity index (χ1) is 10.2. The van der Waals surface area contributed by atoms with Gasteiger partial charge in [-0.2, -0.15) is 10.4 Å². The Morgan fingerprint density at radius 2 is 2.14 bits per heavy atom. The van der Waals surface area contributed by atoms with Crippen LogP contribution in [0.2, 0.25) is 0 Å². The summed E-state index contributed by atoms with van der Waals surface area (Å²) in [7, 11) is 0. The highest BCUT2D eigenvalue weighted by molar-refractivity contribution is 5.31. The summed E-state index contributed by atoms with van der Waals surface area (Å²) in [5.74, 6) is 0. The highest BCUT2D eigenvalue weighted by Crippen LogP contribution is 2.21. The van der Waals surface area contributed by atoms with Gasteiger partial charge >= 0.3 is 0 Å². The lowest BCUT2D eigenvalue weighted by Crippen LogP contribution is -2.32. The Morgan fingerprint density at radius 3 is 2.81 bits per heavy atom. The molecule has 0 amide bonds. The minimum Gasteiger partial charge on any atom is -0.294 e. The second-order valence-electron chi connectivity index (χ2n) is 5.81. The molecule has 4 nitrogen and oxygen atoms in total. The number of rotatable bonds is 4. The summed E-state index contributed by atoms with van der Waals surface area (Å²) in [5.41, 5.74) is 3.22. The van der Waals surface area contributed by atoms with E-state index < -0.39 is 0 Å². The zero-order valence-corrected chi connectivity index (χ0v) is 12.4. The van der Waals surface area contributed by atoms with Crippen molar-refractivity contribution >= 4 is 0 Å². The molecular weight excluding hydrogens is 260 g/mol. The van der Waals surface area contributed by atoms with E-state index in [0.717, 1.165) is 25.2 Å². The second-order valence-corrected chi connectivity index (χ2v) is 5.81. The Kier molecular flexibility index (Phi) is 4.03. The first-order valence-corrected chi connectivity index (χ1v) is 7.47. The number of aromatic nitrogens is 2. The van der Waals surface area contributed by atoms with Crippen LogP contribution in [0.5, 0.6) is 0 Å². The van der Waals surface area contributed by atoms with Gasteiger partial charge in [0.25, 0.3) is 0 Å². The summed E-state index contributed by atoms with van der Waals surface area (Å²) in [6, 6.07) is 10.6. The minimum atomic E-state index is 0.556. The predicted octanol–water partition coefficient (Wildman–Crippen LogP) is 2.73. The Morgan fingerprint density at radius 1 is 1.33 bits per heavy atom. The van der Waals surface area contributed by atoms with Crippen molar-refractivity contribution in [2.45, 2.75) is 38.9 Å². The van der Waals surface area contributed by atoms with Gasteiger partial charge in [0.05, 0.1) is 24.4 Å². The van der Waals surface area contributed by atoms with Crippen molar-refractivity contribution in [3.63, 3.8) is 0 Å². The van der Waals surface area contributed by atoms with Gasteiger partial charge in [-0.15, -0.1) is 0 Å². The number of hydrogen-bond donors (Lipinski definition) is 0. The van der Waals surface area contributed by atoms with E-state index in [9.17, 15) is 0 Å². The molecule has 108 valence electrons. The lowest BCUT2D eigenvalue weighted by atomic mass is 10.1. The molecule has 0 saturated carbocycles. The topological polar surface area (TPSA) is 44.9 Å². The Labute approximate surface area is 125 Å². The molecule has 1 atom stereocenters. The van der Waals surface area contributed by atoms with Crippen LogP contribution in [0.15, 0.2) is 36.7 Å². The molecule has 1 aliphatic heterocycles. The molecule has 2 aromatic rings. The van der Waals surface area contributed by atoms with Crippen molar-refractivity contribution in [2.24, 2.45) is 0 Å². The van der Waals surface area contributed by atoms with Crippen molar-refractivity contribution in [2.75, 3.05) is 6.54 Å². The molecule has 1 aromatic heterocycles. The van der Waals surface area contributed by atoms with Crippen molar-refractivity contribution in [3.05, 3.63) is 53.3 Å². The smallest absolute Gasteiger partial charge is 0.0991 e. The number of benzene rings is 1. The first kappa shape index (κ1) is 13.8. The summed E-state index contributed by atoms with van der Waals surface area (Å²) in [5, 5.41) is 13.2. The number of likely N-dealkylation sites (tertiary alicyclic amines) is 1. The van der Waals surface area contributed by atoms with Crippen molar-refractivity contribution in [1.82, 2.24) is 14.7 Å². The summed E-state index contributed by atoms with van der Waals surface area (Å²) in [6.07, 6.45) is 6.51. The van der Waals surface area contributed by atoms with Crippen molar-refractivity contribution in [1.29, 1.82) is 5.26 Å². The zero-order chi connectivity index (χ0) is 14.7. The Hall–Kier alpha value is -2.12. The van der Waals surface area contributed by atoms with E-state index in [4.69, 9.17) is 5.26 Å². The summed E-state index contributed by atoms with van der Waals surface area (Å²) < 4.78 is 2.05. The van der Waals surface area contributed by atoms with Gasteiger partial charge in [-0.3, -0.25) is 9.58 Å². The Balaban J connectivity index is 1.64. The fourth-order valence-electron chi connectivity index (χ4n) is 3.01. The van der Waals surface area contributed by atoms with Crippen LogP contribution in [-0.2, 0) is 13.1 Å². The third kappa shape index (κ3) is 3.32. The lowest BCUT2D eigenvalue weighted by molar-refractivity contribution is 0.219. The van der Waals surface area contributed by atoms with Crippen LogP contribution in [0.4, 0.5) is 0 Å². The van der Waals surface area contributed by atoms with Crippen LogP contribution in [0.25, 0.3) is 0 Å². The fourth-order valence-corrected chi connectivity index (χ4v) is 3.01. The average molecular weight is 280 g/mol. The fraction of sp³-hybridized carbons (Fsp3) is 0.412. The molecule has 4 heteroatoms. The predicted molar refractivity (Wildman–Crippen MR) is 81.6 cm³/mol. The van der Waals surface area contributed by atoms with E-state index in [0.29, 0.717) is 6.04 Å². The monoisotopic (exact) mass is 280 g/mol. The quantitative estimate of drug-likeness (QED) is 0.865. The number of aryl methyl sites for hydroxylation is 1. The molecule has 0 unspecified atom stereocenters. The van der Waals surface area contributed by atoms with E-state index in [1.165, 1.54) is 24.0 Å². The molecular formula is C17H20N4. The molecule has 2 heterocycles. The third-order valence-electron chi connectivity index (χ3n) is 4.13. The summed E-state index contributed by atoms with van der Waals surface area (Å²) >= 11 is 0. The average Bonchev–Trinajstić information content (AvgIpc) is 3.10. The standard InChI is InChI=1S/C17H20N4/c1-14-10-19-21(11-14)13-17-3-2-8-20(17)12-16-6-4-15(9-18)5-7-16/h4-7,10-11,17H,2-3,8,12-13H2,1H3/t17-/m1/s1. The molecule has 1 aromatic carbocycles. The SMILES string of the molecule is Cc1cnn(C[C@H]2CCCN2Cc2ccc(C#N)cc2)c1. The third-order valence-corrected chi connectivity index (χ3v) is 4.13. The molecule has 0 aliphatic carbocycles. The van der Waals surface area contributed by atoms with Crippen LogP contribution in [0.3, 0.4) is 0 Å². The van der Waals surface area contributed by atoms with Gasteiger partial charge in [0.2, 0.25) is 0 Å². The zero-order valence-electron chi connectivity index (χ0n) is 12.4. The van der Waals surface area contributed by atoms with Crippen LogP contribution < -0.4 is 0 Å². The maximum Gasteiger partial charge on any atom is 0.0991 e. The van der Waals surface area contributed by atoms with Gasteiger partial charge in [0.1, 0.15) is 0 Å². The molecule has 3 rings (SSSR count). The molecule has 21 heavy (non-hydrogen) atoms. The minimum absolute atomic E-state index is 0.556. The molecule has 1 fully saturated rings. The van der Waals surface area contributed by atoms with Crippen LogP contribution in [0.1, 0.15) is 29.5 Å². The number of nitrogens with zero attached hydrogens (tertiary/aromatic N) is 4. The van der Waals surface area contributed by atoms with E-state index >= 15 is 0 Å². The second kappa shape index (κ2) is 6.11. The van der Waals surface area contributed by atoms with Gasteiger partial charge in [-0.05, 0) is 49.6 Å². The molecule has 0 radical (unpaired) electrons. The van der Waals surface area contributed by atoms with E-state index in [2.05, 4.69) is 46.0 Å². The molecule has 0 bridgehead atoms. The highest BCUT2D eigenvalue weighted by Gasteiger charge is 2.24. The Bertz CT molecular complexity index is 636. The molecule has 1 saturated heterocycles. The van der Waals surface area contributed by atoms with Gasteiger partial charge in [-0.1, -0.05) is 12.1 Å². The normalized spacial score (nSPS) is 18.8. The molecule has 1 aliphatic rings. The van der Waals surface area contributed by atoms with Gasteiger partial charge in [-0.25, -0.2) is 0 Å². The van der Waals surface area contributed by atoms with E-state index in [1.807, 2.05) is 18.3 Å². The first-order valence-electron chi connectivity index (χ1n) is 7.47. The van der Waals surface area contributed by atoms with Gasteiger partial charge in [0.15, 0.2) is 0 Å². The lowest BCUT2D eigenvalue weighted by Gasteiger charge is -2.24. The number of hydrogen-bond acceptors (Lipinski definition) is 3. The van der Waals surface area contributed by atoms with Crippen LogP contribution >= 0.6 is 0 Å². The van der Waals surface area contributed by atoms with Gasteiger partial charge in [0, 0.05) is 18.8 Å². The van der Waals surface area contributed by atoms with E-state index in [1.54, 1.807) is 0 Å². The van der Waals surface area contributed by atoms with Crippen LogP contribution in [0, 0.1) is 18.3 Å². The number of nitriles is 1. The highest BCUT2D eigenvalue weighted by atomic mass is 15.3. The van der Waals surface area contributed by atoms with Crippen molar-refractivity contribution in [3.8, 4) is 6.07 Å².